The number of nitrogens with one attached hydrogen (secondary N) is 1. The molecule has 0 aliphatic carbocycles. The third-order valence-corrected chi connectivity index (χ3v) is 4.65. The van der Waals surface area contributed by atoms with Gasteiger partial charge in [-0.2, -0.15) is 5.10 Å². The first-order chi connectivity index (χ1) is 13.6. The molecule has 0 bridgehead atoms. The first-order valence-corrected chi connectivity index (χ1v) is 8.90. The van der Waals surface area contributed by atoms with Crippen molar-refractivity contribution in [1.82, 2.24) is 25.0 Å². The number of hydrogen-bond acceptors (Lipinski definition) is 5. The molecule has 8 nitrogen and oxygen atoms in total. The minimum Gasteiger partial charge on any atom is -0.508 e. The van der Waals surface area contributed by atoms with Gasteiger partial charge in [-0.1, -0.05) is 12.1 Å². The lowest BCUT2D eigenvalue weighted by molar-refractivity contribution is -0.125. The second-order valence-corrected chi connectivity index (χ2v) is 6.56. The van der Waals surface area contributed by atoms with E-state index in [0.717, 1.165) is 11.4 Å². The Labute approximate surface area is 161 Å². The molecule has 4 rings (SSSR count). The van der Waals surface area contributed by atoms with Gasteiger partial charge in [0.05, 0.1) is 31.0 Å². The number of hydrogen-bond donors (Lipinski definition) is 2. The van der Waals surface area contributed by atoms with Crippen LogP contribution < -0.4 is 5.32 Å². The van der Waals surface area contributed by atoms with Crippen LogP contribution >= 0.6 is 0 Å². The molecular formula is C20H19N5O3. The standard InChI is InChI=1S/C20H19N5O3/c26-17-6-3-4-14(10-17)20(28)24-12-16-7-9-23-25(16)18(13-24)19(27)22-11-15-5-1-2-8-21-15/h1-10,18,26H,11-13H2,(H,22,27)/t18-/m0/s1. The maximum Gasteiger partial charge on any atom is 0.254 e. The van der Waals surface area contributed by atoms with Gasteiger partial charge in [0, 0.05) is 18.0 Å². The topological polar surface area (TPSA) is 100 Å². The molecule has 1 aromatic carbocycles. The Morgan fingerprint density at radius 3 is 2.82 bits per heavy atom. The van der Waals surface area contributed by atoms with Crippen molar-refractivity contribution in [1.29, 1.82) is 0 Å². The van der Waals surface area contributed by atoms with Gasteiger partial charge in [-0.15, -0.1) is 0 Å². The average molecular weight is 377 g/mol. The van der Waals surface area contributed by atoms with E-state index in [2.05, 4.69) is 15.4 Å². The van der Waals surface area contributed by atoms with Crippen LogP contribution in [0, 0.1) is 0 Å². The maximum absolute atomic E-state index is 12.9. The number of pyridine rings is 1. The zero-order chi connectivity index (χ0) is 19.5. The van der Waals surface area contributed by atoms with Gasteiger partial charge in [-0.05, 0) is 36.4 Å². The third-order valence-electron chi connectivity index (χ3n) is 4.65. The van der Waals surface area contributed by atoms with Crippen LogP contribution in [0.3, 0.4) is 0 Å². The Balaban J connectivity index is 1.52. The van der Waals surface area contributed by atoms with Gasteiger partial charge < -0.3 is 15.3 Å². The van der Waals surface area contributed by atoms with Crippen LogP contribution in [0.4, 0.5) is 0 Å². The minimum absolute atomic E-state index is 0.0255. The highest BCUT2D eigenvalue weighted by Crippen LogP contribution is 2.23. The first kappa shape index (κ1) is 17.7. The van der Waals surface area contributed by atoms with E-state index in [-0.39, 0.29) is 24.1 Å². The second kappa shape index (κ2) is 7.51. The molecule has 1 atom stereocenters. The molecule has 0 saturated carbocycles. The molecule has 2 N–H and O–H groups in total. The number of phenols is 1. The van der Waals surface area contributed by atoms with Crippen molar-refractivity contribution >= 4 is 11.8 Å². The molecule has 0 fully saturated rings. The molecule has 0 unspecified atom stereocenters. The van der Waals surface area contributed by atoms with E-state index in [1.165, 1.54) is 12.1 Å². The van der Waals surface area contributed by atoms with Gasteiger partial charge in [-0.3, -0.25) is 19.3 Å². The molecule has 142 valence electrons. The second-order valence-electron chi connectivity index (χ2n) is 6.56. The van der Waals surface area contributed by atoms with Crippen LogP contribution in [-0.4, -0.2) is 43.1 Å². The Morgan fingerprint density at radius 1 is 1.14 bits per heavy atom. The summed E-state index contributed by atoms with van der Waals surface area (Å²) in [6.07, 6.45) is 3.29. The van der Waals surface area contributed by atoms with E-state index in [4.69, 9.17) is 0 Å². The molecule has 8 heteroatoms. The molecular weight excluding hydrogens is 358 g/mol. The summed E-state index contributed by atoms with van der Waals surface area (Å²) in [7, 11) is 0. The van der Waals surface area contributed by atoms with Crippen molar-refractivity contribution in [2.24, 2.45) is 0 Å². The van der Waals surface area contributed by atoms with Gasteiger partial charge in [-0.25, -0.2) is 0 Å². The number of aromatic hydroxyl groups is 1. The van der Waals surface area contributed by atoms with Crippen molar-refractivity contribution in [3.63, 3.8) is 0 Å². The largest absolute Gasteiger partial charge is 0.508 e. The highest BCUT2D eigenvalue weighted by Gasteiger charge is 2.33. The summed E-state index contributed by atoms with van der Waals surface area (Å²) in [5, 5.41) is 16.8. The maximum atomic E-state index is 12.9. The van der Waals surface area contributed by atoms with Crippen molar-refractivity contribution < 1.29 is 14.7 Å². The SMILES string of the molecule is O=C(NCc1ccccn1)[C@@H]1CN(C(=O)c2cccc(O)c2)Cc2ccnn21. The summed E-state index contributed by atoms with van der Waals surface area (Å²) in [6, 6.07) is 12.9. The summed E-state index contributed by atoms with van der Waals surface area (Å²) in [4.78, 5) is 31.5. The number of carbonyl (C=O) groups excluding carboxylic acids is 2. The summed E-state index contributed by atoms with van der Waals surface area (Å²) >= 11 is 0. The monoisotopic (exact) mass is 377 g/mol. The number of rotatable bonds is 4. The number of carbonyl (C=O) groups is 2. The van der Waals surface area contributed by atoms with Crippen molar-refractivity contribution in [3.05, 3.63) is 77.9 Å². The highest BCUT2D eigenvalue weighted by atomic mass is 16.3. The van der Waals surface area contributed by atoms with Crippen LogP contribution in [-0.2, 0) is 17.9 Å². The Morgan fingerprint density at radius 2 is 2.04 bits per heavy atom. The molecule has 3 heterocycles. The average Bonchev–Trinajstić information content (AvgIpc) is 3.20. The molecule has 2 aromatic heterocycles. The fraction of sp³-hybridized carbons (Fsp3) is 0.200. The van der Waals surface area contributed by atoms with E-state index >= 15 is 0 Å². The summed E-state index contributed by atoms with van der Waals surface area (Å²) < 4.78 is 1.65. The van der Waals surface area contributed by atoms with E-state index in [0.29, 0.717) is 18.7 Å². The van der Waals surface area contributed by atoms with Crippen LogP contribution in [0.1, 0.15) is 27.8 Å². The van der Waals surface area contributed by atoms with Crippen LogP contribution in [0.5, 0.6) is 5.75 Å². The van der Waals surface area contributed by atoms with Gasteiger partial charge in [0.25, 0.3) is 5.91 Å². The molecule has 1 aliphatic heterocycles. The third kappa shape index (κ3) is 3.57. The van der Waals surface area contributed by atoms with Gasteiger partial charge in [0.2, 0.25) is 5.91 Å². The zero-order valence-corrected chi connectivity index (χ0v) is 15.0. The fourth-order valence-corrected chi connectivity index (χ4v) is 3.26. The van der Waals surface area contributed by atoms with Crippen molar-refractivity contribution in [2.75, 3.05) is 6.54 Å². The molecule has 0 radical (unpaired) electrons. The quantitative estimate of drug-likeness (QED) is 0.718. The van der Waals surface area contributed by atoms with Crippen LogP contribution in [0.25, 0.3) is 0 Å². The number of benzene rings is 1. The molecule has 2 amide bonds. The Kier molecular flexibility index (Phi) is 4.76. The van der Waals surface area contributed by atoms with Crippen molar-refractivity contribution in [2.45, 2.75) is 19.1 Å². The number of amides is 2. The highest BCUT2D eigenvalue weighted by molar-refractivity contribution is 5.95. The van der Waals surface area contributed by atoms with Gasteiger partial charge >= 0.3 is 0 Å². The molecule has 1 aliphatic rings. The normalized spacial score (nSPS) is 15.7. The molecule has 0 spiro atoms. The van der Waals surface area contributed by atoms with E-state index < -0.39 is 6.04 Å². The Bertz CT molecular complexity index is 1000. The van der Waals surface area contributed by atoms with E-state index in [1.807, 2.05) is 18.2 Å². The van der Waals surface area contributed by atoms with Gasteiger partial charge in [0.1, 0.15) is 11.8 Å². The predicted molar refractivity (Wildman–Crippen MR) is 100 cm³/mol. The molecule has 28 heavy (non-hydrogen) atoms. The molecule has 3 aromatic rings. The first-order valence-electron chi connectivity index (χ1n) is 8.90. The lowest BCUT2D eigenvalue weighted by atomic mass is 10.1. The van der Waals surface area contributed by atoms with Crippen molar-refractivity contribution in [3.8, 4) is 5.75 Å². The lowest BCUT2D eigenvalue weighted by Crippen LogP contribution is -2.47. The summed E-state index contributed by atoms with van der Waals surface area (Å²) in [5.74, 6) is -0.451. The summed E-state index contributed by atoms with van der Waals surface area (Å²) in [5.41, 5.74) is 1.90. The predicted octanol–water partition coefficient (Wildman–Crippen LogP) is 1.50. The lowest BCUT2D eigenvalue weighted by Gasteiger charge is -2.33. The van der Waals surface area contributed by atoms with Crippen LogP contribution in [0.2, 0.25) is 0 Å². The fourth-order valence-electron chi connectivity index (χ4n) is 3.26. The Hall–Kier alpha value is -3.68. The van der Waals surface area contributed by atoms with E-state index in [1.54, 1.807) is 40.2 Å². The van der Waals surface area contributed by atoms with Crippen LogP contribution in [0.15, 0.2) is 60.9 Å². The van der Waals surface area contributed by atoms with Gasteiger partial charge in [0.15, 0.2) is 0 Å². The smallest absolute Gasteiger partial charge is 0.254 e. The number of phenolic OH excluding ortho intramolecular Hbond substituents is 1. The number of fused-ring (bicyclic) bond motifs is 1. The summed E-state index contributed by atoms with van der Waals surface area (Å²) in [6.45, 7) is 0.836. The zero-order valence-electron chi connectivity index (χ0n) is 15.0. The number of aromatic nitrogens is 3. The number of nitrogens with zero attached hydrogens (tertiary/aromatic N) is 4. The molecule has 0 saturated heterocycles. The van der Waals surface area contributed by atoms with E-state index in [9.17, 15) is 14.7 Å². The minimum atomic E-state index is -0.635.